The van der Waals surface area contributed by atoms with Crippen molar-refractivity contribution in [3.05, 3.63) is 90.9 Å². The zero-order chi connectivity index (χ0) is 22.0. The number of aromatic amines is 1. The molecule has 0 radical (unpaired) electrons. The zero-order valence-corrected chi connectivity index (χ0v) is 17.0. The molecule has 0 bridgehead atoms. The molecule has 9 nitrogen and oxygen atoms in total. The van der Waals surface area contributed by atoms with Crippen molar-refractivity contribution >= 4 is 17.3 Å². The Morgan fingerprint density at radius 1 is 1.10 bits per heavy atom. The van der Waals surface area contributed by atoms with Gasteiger partial charge in [-0.1, -0.05) is 6.07 Å². The van der Waals surface area contributed by atoms with E-state index < -0.39 is 10.8 Å². The number of hydrogen-bond acceptors (Lipinski definition) is 5. The molecule has 2 aromatic carbocycles. The van der Waals surface area contributed by atoms with Crippen LogP contribution in [0, 0.1) is 30.9 Å². The molecule has 3 rings (SSSR count). The van der Waals surface area contributed by atoms with Crippen LogP contribution in [0.1, 0.15) is 39.7 Å². The lowest BCUT2D eigenvalue weighted by molar-refractivity contribution is -0.384. The summed E-state index contributed by atoms with van der Waals surface area (Å²) >= 11 is 0. The van der Waals surface area contributed by atoms with E-state index in [0.717, 1.165) is 11.1 Å². The molecule has 0 fully saturated rings. The Labute approximate surface area is 172 Å². The molecule has 0 aliphatic rings. The molecule has 3 aromatic rings. The summed E-state index contributed by atoms with van der Waals surface area (Å²) in [6.07, 6.45) is 0. The van der Waals surface area contributed by atoms with Crippen LogP contribution in [0.15, 0.2) is 52.4 Å². The number of nitrogens with zero attached hydrogens (tertiary/aromatic N) is 3. The first-order valence-corrected chi connectivity index (χ1v) is 9.17. The molecule has 0 saturated carbocycles. The maximum atomic E-state index is 12.9. The topological polar surface area (TPSA) is 122 Å². The minimum absolute atomic E-state index is 0.110. The van der Waals surface area contributed by atoms with Crippen molar-refractivity contribution in [3.63, 3.8) is 0 Å². The number of nitro groups is 1. The van der Waals surface area contributed by atoms with Crippen LogP contribution in [0.5, 0.6) is 0 Å². The molecule has 0 spiro atoms. The van der Waals surface area contributed by atoms with E-state index in [4.69, 9.17) is 0 Å². The van der Waals surface area contributed by atoms with E-state index in [1.807, 2.05) is 32.0 Å². The van der Waals surface area contributed by atoms with Gasteiger partial charge in [-0.3, -0.25) is 24.8 Å². The second kappa shape index (κ2) is 8.16. The summed E-state index contributed by atoms with van der Waals surface area (Å²) in [4.78, 5) is 35.3. The highest BCUT2D eigenvalue weighted by Gasteiger charge is 2.16. The summed E-state index contributed by atoms with van der Waals surface area (Å²) in [6.45, 7) is 7.35. The number of hydrazone groups is 1. The van der Waals surface area contributed by atoms with E-state index in [2.05, 4.69) is 15.6 Å². The van der Waals surface area contributed by atoms with Crippen molar-refractivity contribution in [1.29, 1.82) is 0 Å². The lowest BCUT2D eigenvalue weighted by atomic mass is 10.1. The van der Waals surface area contributed by atoms with Gasteiger partial charge < -0.3 is 0 Å². The van der Waals surface area contributed by atoms with Crippen LogP contribution in [0.2, 0.25) is 0 Å². The maximum Gasteiger partial charge on any atom is 0.280 e. The number of nitrogens with one attached hydrogen (secondary N) is 2. The highest BCUT2D eigenvalue weighted by Crippen LogP contribution is 2.14. The Kier molecular flexibility index (Phi) is 5.63. The number of H-pyrrole nitrogens is 1. The van der Waals surface area contributed by atoms with Gasteiger partial charge in [-0.2, -0.15) is 5.10 Å². The third-order valence-electron chi connectivity index (χ3n) is 4.85. The van der Waals surface area contributed by atoms with Gasteiger partial charge in [-0.05, 0) is 63.1 Å². The molecular weight excluding hydrogens is 386 g/mol. The summed E-state index contributed by atoms with van der Waals surface area (Å²) in [5, 5.41) is 17.8. The fourth-order valence-corrected chi connectivity index (χ4v) is 3.01. The Hall–Kier alpha value is -4.01. The van der Waals surface area contributed by atoms with Crippen LogP contribution in [0.4, 0.5) is 5.69 Å². The maximum absolute atomic E-state index is 12.9. The molecule has 1 aromatic heterocycles. The molecular formula is C21H21N5O4. The fourth-order valence-electron chi connectivity index (χ4n) is 3.01. The number of hydrogen-bond donors (Lipinski definition) is 2. The zero-order valence-electron chi connectivity index (χ0n) is 17.0. The smallest absolute Gasteiger partial charge is 0.280 e. The highest BCUT2D eigenvalue weighted by atomic mass is 16.6. The number of rotatable bonds is 5. The predicted molar refractivity (Wildman–Crippen MR) is 113 cm³/mol. The minimum Gasteiger partial charge on any atom is -0.295 e. The Balaban J connectivity index is 1.85. The Bertz CT molecular complexity index is 1220. The van der Waals surface area contributed by atoms with Gasteiger partial charge in [0.1, 0.15) is 0 Å². The van der Waals surface area contributed by atoms with Gasteiger partial charge in [0.2, 0.25) is 0 Å². The fraction of sp³-hybridized carbons (Fsp3) is 0.190. The van der Waals surface area contributed by atoms with Gasteiger partial charge in [0, 0.05) is 23.4 Å². The van der Waals surface area contributed by atoms with E-state index >= 15 is 0 Å². The number of carbonyl (C=O) groups is 1. The van der Waals surface area contributed by atoms with E-state index in [1.54, 1.807) is 13.8 Å². The summed E-state index contributed by atoms with van der Waals surface area (Å²) < 4.78 is 1.44. The molecule has 0 saturated heterocycles. The third-order valence-corrected chi connectivity index (χ3v) is 4.85. The predicted octanol–water partition coefficient (Wildman–Crippen LogP) is 3.15. The number of benzene rings is 2. The van der Waals surface area contributed by atoms with Crippen molar-refractivity contribution in [2.24, 2.45) is 5.10 Å². The highest BCUT2D eigenvalue weighted by molar-refractivity contribution is 6.01. The average Bonchev–Trinajstić information content (AvgIpc) is 3.02. The lowest BCUT2D eigenvalue weighted by Gasteiger charge is -2.05. The van der Waals surface area contributed by atoms with E-state index in [9.17, 15) is 19.7 Å². The van der Waals surface area contributed by atoms with Gasteiger partial charge >= 0.3 is 0 Å². The van der Waals surface area contributed by atoms with Crippen LogP contribution in [0.25, 0.3) is 5.69 Å². The monoisotopic (exact) mass is 407 g/mol. The second-order valence-corrected chi connectivity index (χ2v) is 6.96. The number of carbonyl (C=O) groups excluding carboxylic acids is 1. The first-order valence-electron chi connectivity index (χ1n) is 9.17. The molecule has 1 amide bonds. The molecule has 9 heteroatoms. The van der Waals surface area contributed by atoms with Crippen LogP contribution < -0.4 is 11.0 Å². The summed E-state index contributed by atoms with van der Waals surface area (Å²) in [7, 11) is 0. The average molecular weight is 407 g/mol. The van der Waals surface area contributed by atoms with Gasteiger partial charge in [-0.15, -0.1) is 0 Å². The quantitative estimate of drug-likeness (QED) is 0.383. The van der Waals surface area contributed by atoms with Crippen molar-refractivity contribution in [1.82, 2.24) is 15.2 Å². The number of amides is 1. The number of non-ortho nitro benzene ring substituents is 1. The van der Waals surface area contributed by atoms with Crippen LogP contribution in [-0.2, 0) is 0 Å². The molecule has 0 aliphatic heterocycles. The molecule has 30 heavy (non-hydrogen) atoms. The number of aryl methyl sites for hydroxylation is 3. The first-order chi connectivity index (χ1) is 14.2. The number of nitro benzene ring substituents is 1. The summed E-state index contributed by atoms with van der Waals surface area (Å²) in [6, 6.07) is 10.9. The summed E-state index contributed by atoms with van der Waals surface area (Å²) in [5.41, 5.74) is 6.43. The van der Waals surface area contributed by atoms with Crippen LogP contribution in [-0.4, -0.2) is 26.3 Å². The van der Waals surface area contributed by atoms with Crippen molar-refractivity contribution in [2.45, 2.75) is 27.7 Å². The minimum atomic E-state index is -0.542. The van der Waals surface area contributed by atoms with Crippen LogP contribution >= 0.6 is 0 Å². The standard InChI is InChI=1S/C21H21N5O4/c1-12-5-8-18(11-13(12)2)25-21(28)19(15(4)24-25)14(3)22-23-20(27)16-6-9-17(10-7-16)26(29)30/h5-11,24H,1-4H3,(H,23,27)/b22-14-. The van der Waals surface area contributed by atoms with Gasteiger partial charge in [0.15, 0.2) is 0 Å². The van der Waals surface area contributed by atoms with Crippen molar-refractivity contribution in [3.8, 4) is 5.69 Å². The third kappa shape index (κ3) is 4.04. The van der Waals surface area contributed by atoms with Crippen molar-refractivity contribution in [2.75, 3.05) is 0 Å². The van der Waals surface area contributed by atoms with E-state index in [1.165, 1.54) is 28.9 Å². The summed E-state index contributed by atoms with van der Waals surface area (Å²) in [5.74, 6) is -0.535. The van der Waals surface area contributed by atoms with Gasteiger partial charge in [0.05, 0.1) is 21.9 Å². The molecule has 1 heterocycles. The Morgan fingerprint density at radius 2 is 1.77 bits per heavy atom. The van der Waals surface area contributed by atoms with Crippen LogP contribution in [0.3, 0.4) is 0 Å². The molecule has 154 valence electrons. The molecule has 0 aliphatic carbocycles. The molecule has 2 N–H and O–H groups in total. The van der Waals surface area contributed by atoms with E-state index in [-0.39, 0.29) is 16.8 Å². The molecule has 0 atom stereocenters. The normalized spacial score (nSPS) is 11.4. The second-order valence-electron chi connectivity index (χ2n) is 6.96. The lowest BCUT2D eigenvalue weighted by Crippen LogP contribution is -2.23. The van der Waals surface area contributed by atoms with Gasteiger partial charge in [-0.25, -0.2) is 10.1 Å². The largest absolute Gasteiger partial charge is 0.295 e. The number of aromatic nitrogens is 2. The molecule has 0 unspecified atom stereocenters. The first kappa shape index (κ1) is 20.7. The Morgan fingerprint density at radius 3 is 2.37 bits per heavy atom. The SMILES string of the molecule is C/C(=N/NC(=O)c1ccc([N+](=O)[O-])cc1)c1c(C)[nH]n(-c2ccc(C)c(C)c2)c1=O. The van der Waals surface area contributed by atoms with Crippen molar-refractivity contribution < 1.29 is 9.72 Å². The van der Waals surface area contributed by atoms with E-state index in [0.29, 0.717) is 22.7 Å². The van der Waals surface area contributed by atoms with Gasteiger partial charge in [0.25, 0.3) is 17.2 Å².